The predicted molar refractivity (Wildman–Crippen MR) is 102 cm³/mol. The molecule has 0 aromatic heterocycles. The van der Waals surface area contributed by atoms with Gasteiger partial charge in [-0.2, -0.15) is 4.99 Å². The Balaban J connectivity index is 1.87. The molecule has 0 N–H and O–H groups in total. The van der Waals surface area contributed by atoms with Crippen LogP contribution >= 0.6 is 0 Å². The summed E-state index contributed by atoms with van der Waals surface area (Å²) in [6, 6.07) is 22.1. The van der Waals surface area contributed by atoms with Gasteiger partial charge in [-0.25, -0.2) is 4.99 Å². The van der Waals surface area contributed by atoms with Gasteiger partial charge in [-0.15, -0.1) is 0 Å². The minimum absolute atomic E-state index is 0.402. The number of hydrogen-bond acceptors (Lipinski definition) is 2. The van der Waals surface area contributed by atoms with E-state index >= 15 is 0 Å². The summed E-state index contributed by atoms with van der Waals surface area (Å²) in [4.78, 5) is 9.10. The number of hydrogen-bond donors (Lipinski definition) is 0. The smallest absolute Gasteiger partial charge is 0.0952 e. The van der Waals surface area contributed by atoms with Crippen LogP contribution in [0.2, 0.25) is 0 Å². The van der Waals surface area contributed by atoms with Gasteiger partial charge in [0.05, 0.1) is 17.7 Å². The van der Waals surface area contributed by atoms with Crippen molar-refractivity contribution in [1.29, 1.82) is 0 Å². The maximum absolute atomic E-state index is 4.55. The number of benzene rings is 2. The number of aliphatic imine (C=N–C) groups is 2. The van der Waals surface area contributed by atoms with E-state index in [1.165, 1.54) is 37.7 Å². The molecule has 0 atom stereocenters. The molecule has 1 saturated carbocycles. The molecule has 24 heavy (non-hydrogen) atoms. The number of rotatable bonds is 4. The van der Waals surface area contributed by atoms with Crippen LogP contribution in [0.25, 0.3) is 11.8 Å². The average molecular weight is 316 g/mol. The molecule has 0 amide bonds. The third-order valence-corrected chi connectivity index (χ3v) is 4.44. The van der Waals surface area contributed by atoms with Gasteiger partial charge in [0.2, 0.25) is 0 Å². The lowest BCUT2D eigenvalue weighted by molar-refractivity contribution is 0.444. The third kappa shape index (κ3) is 4.78. The van der Waals surface area contributed by atoms with Crippen molar-refractivity contribution in [3.8, 4) is 0 Å². The van der Waals surface area contributed by atoms with Crippen molar-refractivity contribution in [3.05, 3.63) is 71.3 Å². The third-order valence-electron chi connectivity index (χ3n) is 4.44. The molecule has 0 saturated heterocycles. The molecule has 3 rings (SSSR count). The van der Waals surface area contributed by atoms with Crippen LogP contribution in [0, 0.1) is 6.92 Å². The van der Waals surface area contributed by atoms with E-state index in [0.29, 0.717) is 6.04 Å². The van der Waals surface area contributed by atoms with Gasteiger partial charge in [0.1, 0.15) is 0 Å². The van der Waals surface area contributed by atoms with Crippen molar-refractivity contribution in [2.24, 2.45) is 9.98 Å². The van der Waals surface area contributed by atoms with E-state index in [1.54, 1.807) is 0 Å². The maximum Gasteiger partial charge on any atom is 0.0952 e. The summed E-state index contributed by atoms with van der Waals surface area (Å²) in [5, 5.41) is 0. The molecule has 122 valence electrons. The Bertz CT molecular complexity index is 729. The largest absolute Gasteiger partial charge is 0.222 e. The van der Waals surface area contributed by atoms with Crippen molar-refractivity contribution < 1.29 is 0 Å². The first-order valence-corrected chi connectivity index (χ1v) is 8.80. The van der Waals surface area contributed by atoms with E-state index in [0.717, 1.165) is 16.8 Å². The van der Waals surface area contributed by atoms with Gasteiger partial charge in [-0.3, -0.25) is 0 Å². The summed E-state index contributed by atoms with van der Waals surface area (Å²) in [7, 11) is 0. The fourth-order valence-corrected chi connectivity index (χ4v) is 2.98. The van der Waals surface area contributed by atoms with Crippen LogP contribution in [0.15, 0.2) is 64.6 Å². The maximum atomic E-state index is 4.55. The Morgan fingerprint density at radius 1 is 0.958 bits per heavy atom. The molecular formula is C22H24N2. The fraction of sp³-hybridized carbons (Fsp3) is 0.318. The van der Waals surface area contributed by atoms with Gasteiger partial charge in [-0.05, 0) is 31.4 Å². The predicted octanol–water partition coefficient (Wildman–Crippen LogP) is 6.00. The molecule has 0 spiro atoms. The van der Waals surface area contributed by atoms with Crippen LogP contribution < -0.4 is 0 Å². The van der Waals surface area contributed by atoms with Crippen molar-refractivity contribution >= 4 is 17.8 Å². The SMILES string of the molecule is Cc1ccc(/C=C(/N=C=NC2CCCCC2)c2ccccc2)cc1. The molecule has 2 heteroatoms. The van der Waals surface area contributed by atoms with Crippen molar-refractivity contribution in [3.63, 3.8) is 0 Å². The monoisotopic (exact) mass is 316 g/mol. The summed E-state index contributed by atoms with van der Waals surface area (Å²) < 4.78 is 0. The Morgan fingerprint density at radius 2 is 1.67 bits per heavy atom. The van der Waals surface area contributed by atoms with E-state index in [9.17, 15) is 0 Å². The highest BCUT2D eigenvalue weighted by Crippen LogP contribution is 2.21. The highest BCUT2D eigenvalue weighted by molar-refractivity contribution is 5.83. The lowest BCUT2D eigenvalue weighted by Gasteiger charge is -2.15. The van der Waals surface area contributed by atoms with Crippen LogP contribution in [0.5, 0.6) is 0 Å². The lowest BCUT2D eigenvalue weighted by Crippen LogP contribution is -2.08. The zero-order valence-corrected chi connectivity index (χ0v) is 14.3. The van der Waals surface area contributed by atoms with Gasteiger partial charge >= 0.3 is 0 Å². The first-order valence-electron chi connectivity index (χ1n) is 8.80. The summed E-state index contributed by atoms with van der Waals surface area (Å²) >= 11 is 0. The molecule has 0 radical (unpaired) electrons. The molecule has 2 aromatic rings. The van der Waals surface area contributed by atoms with Gasteiger partial charge in [-0.1, -0.05) is 79.4 Å². The second kappa shape index (κ2) is 8.42. The number of nitrogens with zero attached hydrogens (tertiary/aromatic N) is 2. The Labute approximate surface area is 144 Å². The van der Waals surface area contributed by atoms with Crippen LogP contribution in [0.3, 0.4) is 0 Å². The standard InChI is InChI=1S/C22H24N2/c1-18-12-14-19(15-13-18)16-22(20-8-4-2-5-9-20)24-17-23-21-10-6-3-7-11-21/h2,4-5,8-9,12-16,21H,3,6-7,10-11H2,1H3/b22-16+. The molecule has 1 aliphatic rings. The van der Waals surface area contributed by atoms with E-state index in [-0.39, 0.29) is 0 Å². The van der Waals surface area contributed by atoms with E-state index in [2.05, 4.69) is 65.4 Å². The molecule has 0 unspecified atom stereocenters. The molecule has 0 bridgehead atoms. The molecule has 1 fully saturated rings. The summed E-state index contributed by atoms with van der Waals surface area (Å²) in [5.41, 5.74) is 4.39. The normalized spacial score (nSPS) is 15.6. The van der Waals surface area contributed by atoms with Gasteiger partial charge in [0.15, 0.2) is 0 Å². The molecule has 2 aromatic carbocycles. The molecular weight excluding hydrogens is 292 g/mol. The Kier molecular flexibility index (Phi) is 5.76. The van der Waals surface area contributed by atoms with Crippen LogP contribution in [0.4, 0.5) is 0 Å². The highest BCUT2D eigenvalue weighted by Gasteiger charge is 2.10. The fourth-order valence-electron chi connectivity index (χ4n) is 2.98. The highest BCUT2D eigenvalue weighted by atomic mass is 14.8. The van der Waals surface area contributed by atoms with E-state index in [4.69, 9.17) is 0 Å². The van der Waals surface area contributed by atoms with E-state index < -0.39 is 0 Å². The van der Waals surface area contributed by atoms with Gasteiger partial charge in [0.25, 0.3) is 0 Å². The summed E-state index contributed by atoms with van der Waals surface area (Å²) in [5.74, 6) is 0. The quantitative estimate of drug-likeness (QED) is 0.488. The number of aryl methyl sites for hydroxylation is 1. The van der Waals surface area contributed by atoms with Gasteiger partial charge in [0, 0.05) is 5.56 Å². The minimum atomic E-state index is 0.402. The Hall–Kier alpha value is -2.44. The summed E-state index contributed by atoms with van der Waals surface area (Å²) in [6.45, 7) is 2.10. The first-order chi connectivity index (χ1) is 11.8. The molecule has 2 nitrogen and oxygen atoms in total. The van der Waals surface area contributed by atoms with Crippen LogP contribution in [0.1, 0.15) is 48.8 Å². The minimum Gasteiger partial charge on any atom is -0.222 e. The van der Waals surface area contributed by atoms with Crippen LogP contribution in [-0.2, 0) is 0 Å². The molecule has 0 heterocycles. The second-order valence-electron chi connectivity index (χ2n) is 6.44. The average Bonchev–Trinajstić information content (AvgIpc) is 2.64. The zero-order valence-electron chi connectivity index (χ0n) is 14.3. The molecule has 1 aliphatic carbocycles. The van der Waals surface area contributed by atoms with Crippen molar-refractivity contribution in [2.75, 3.05) is 0 Å². The zero-order chi connectivity index (χ0) is 16.6. The van der Waals surface area contributed by atoms with E-state index in [1.807, 2.05) is 18.2 Å². The topological polar surface area (TPSA) is 24.7 Å². The summed E-state index contributed by atoms with van der Waals surface area (Å²) in [6.07, 6.45) is 8.33. The Morgan fingerprint density at radius 3 is 2.38 bits per heavy atom. The molecule has 0 aliphatic heterocycles. The van der Waals surface area contributed by atoms with Gasteiger partial charge < -0.3 is 0 Å². The second-order valence-corrected chi connectivity index (χ2v) is 6.44. The van der Waals surface area contributed by atoms with Crippen molar-refractivity contribution in [2.45, 2.75) is 45.1 Å². The van der Waals surface area contributed by atoms with Crippen LogP contribution in [-0.4, -0.2) is 12.1 Å². The first kappa shape index (κ1) is 16.4. The van der Waals surface area contributed by atoms with Crippen molar-refractivity contribution in [1.82, 2.24) is 0 Å². The lowest BCUT2D eigenvalue weighted by atomic mass is 9.96.